The predicted molar refractivity (Wildman–Crippen MR) is 126 cm³/mol. The Balaban J connectivity index is 0.00000256. The maximum absolute atomic E-state index is 6.17. The van der Waals surface area contributed by atoms with E-state index in [2.05, 4.69) is 50.9 Å². The van der Waals surface area contributed by atoms with Gasteiger partial charge in [0.15, 0.2) is 17.4 Å². The fourth-order valence-corrected chi connectivity index (χ4v) is 3.28. The summed E-state index contributed by atoms with van der Waals surface area (Å²) >= 11 is 0. The molecule has 1 unspecified atom stereocenters. The maximum Gasteiger partial charge on any atom is 0.191 e. The number of ether oxygens (including phenoxy) is 2. The van der Waals surface area contributed by atoms with Crippen LogP contribution in [-0.4, -0.2) is 46.9 Å². The first-order chi connectivity index (χ1) is 14.2. The molecule has 0 radical (unpaired) electrons. The van der Waals surface area contributed by atoms with Crippen LogP contribution in [0.2, 0.25) is 0 Å². The first kappa shape index (κ1) is 22.3. The highest BCUT2D eigenvalue weighted by Gasteiger charge is 2.19. The normalized spacial score (nSPS) is 16.3. The van der Waals surface area contributed by atoms with E-state index < -0.39 is 0 Å². The average molecular weight is 522 g/mol. The van der Waals surface area contributed by atoms with Gasteiger partial charge in [-0.15, -0.1) is 34.2 Å². The van der Waals surface area contributed by atoms with Crippen molar-refractivity contribution in [2.24, 2.45) is 4.99 Å². The fraction of sp³-hybridized carbons (Fsp3) is 0.381. The summed E-state index contributed by atoms with van der Waals surface area (Å²) in [7, 11) is 1.75. The lowest BCUT2D eigenvalue weighted by atomic mass is 10.1. The van der Waals surface area contributed by atoms with Crippen molar-refractivity contribution < 1.29 is 9.47 Å². The fourth-order valence-electron chi connectivity index (χ4n) is 3.28. The van der Waals surface area contributed by atoms with E-state index in [-0.39, 0.29) is 30.1 Å². The third-order valence-electron chi connectivity index (χ3n) is 4.87. The molecule has 0 saturated carbocycles. The number of hydrogen-bond acceptors (Lipinski definition) is 5. The number of hydrogen-bond donors (Lipinski definition) is 2. The van der Waals surface area contributed by atoms with E-state index in [4.69, 9.17) is 9.47 Å². The minimum absolute atomic E-state index is 0. The molecule has 8 nitrogen and oxygen atoms in total. The molecule has 0 aliphatic carbocycles. The van der Waals surface area contributed by atoms with Gasteiger partial charge in [-0.05, 0) is 30.7 Å². The minimum Gasteiger partial charge on any atom is -0.488 e. The van der Waals surface area contributed by atoms with Crippen LogP contribution in [-0.2, 0) is 17.8 Å². The molecular formula is C21H27IN6O2. The summed E-state index contributed by atoms with van der Waals surface area (Å²) in [5.74, 6) is 2.41. The summed E-state index contributed by atoms with van der Waals surface area (Å²) in [5, 5.41) is 15.1. The minimum atomic E-state index is 0. The first-order valence-corrected chi connectivity index (χ1v) is 9.80. The van der Waals surface area contributed by atoms with E-state index in [1.807, 2.05) is 28.8 Å². The SMILES string of the molecule is CN=C(NCc1ccc(C)cc1OC1CCOC1)NCc1nnc2ccccn12.I. The molecule has 1 aliphatic rings. The molecule has 30 heavy (non-hydrogen) atoms. The highest BCUT2D eigenvalue weighted by Crippen LogP contribution is 2.23. The molecule has 0 bridgehead atoms. The van der Waals surface area contributed by atoms with Crippen molar-refractivity contribution in [1.29, 1.82) is 0 Å². The number of fused-ring (bicyclic) bond motifs is 1. The second kappa shape index (κ2) is 10.6. The molecule has 3 heterocycles. The summed E-state index contributed by atoms with van der Waals surface area (Å²) in [6.07, 6.45) is 3.00. The lowest BCUT2D eigenvalue weighted by molar-refractivity contribution is 0.140. The Kier molecular flexibility index (Phi) is 7.86. The molecule has 0 spiro atoms. The topological polar surface area (TPSA) is 85.1 Å². The summed E-state index contributed by atoms with van der Waals surface area (Å²) in [6.45, 7) is 4.60. The van der Waals surface area contributed by atoms with Gasteiger partial charge in [0.1, 0.15) is 11.9 Å². The lowest BCUT2D eigenvalue weighted by Gasteiger charge is -2.18. The summed E-state index contributed by atoms with van der Waals surface area (Å²) < 4.78 is 13.6. The molecule has 1 atom stereocenters. The summed E-state index contributed by atoms with van der Waals surface area (Å²) in [5.41, 5.74) is 3.08. The van der Waals surface area contributed by atoms with Gasteiger partial charge >= 0.3 is 0 Å². The molecule has 1 saturated heterocycles. The van der Waals surface area contributed by atoms with Gasteiger partial charge in [-0.2, -0.15) is 0 Å². The molecule has 2 aromatic heterocycles. The van der Waals surface area contributed by atoms with Crippen molar-refractivity contribution >= 4 is 35.6 Å². The molecule has 9 heteroatoms. The number of halogens is 1. The Hall–Kier alpha value is -2.40. The molecule has 2 N–H and O–H groups in total. The Bertz CT molecular complexity index is 1000. The van der Waals surface area contributed by atoms with Gasteiger partial charge in [-0.3, -0.25) is 9.39 Å². The Labute approximate surface area is 193 Å². The zero-order valence-electron chi connectivity index (χ0n) is 17.2. The molecule has 3 aromatic rings. The van der Waals surface area contributed by atoms with E-state index in [1.165, 1.54) is 5.56 Å². The zero-order valence-corrected chi connectivity index (χ0v) is 19.5. The number of aliphatic imine (C=N–C) groups is 1. The van der Waals surface area contributed by atoms with Crippen LogP contribution < -0.4 is 15.4 Å². The van der Waals surface area contributed by atoms with Crippen LogP contribution in [0.5, 0.6) is 5.75 Å². The molecule has 1 aliphatic heterocycles. The summed E-state index contributed by atoms with van der Waals surface area (Å²) in [4.78, 5) is 4.31. The van der Waals surface area contributed by atoms with Gasteiger partial charge < -0.3 is 20.1 Å². The number of benzene rings is 1. The molecular weight excluding hydrogens is 495 g/mol. The van der Waals surface area contributed by atoms with Crippen molar-refractivity contribution in [2.45, 2.75) is 32.5 Å². The van der Waals surface area contributed by atoms with Gasteiger partial charge in [0.2, 0.25) is 0 Å². The monoisotopic (exact) mass is 522 g/mol. The lowest BCUT2D eigenvalue weighted by Crippen LogP contribution is -2.37. The van der Waals surface area contributed by atoms with Gasteiger partial charge in [0, 0.05) is 31.8 Å². The number of aromatic nitrogens is 3. The van der Waals surface area contributed by atoms with E-state index in [0.717, 1.165) is 35.8 Å². The number of aryl methyl sites for hydroxylation is 1. The molecule has 1 aromatic carbocycles. The predicted octanol–water partition coefficient (Wildman–Crippen LogP) is 2.69. The van der Waals surface area contributed by atoms with Gasteiger partial charge in [0.05, 0.1) is 19.8 Å². The number of guanidine groups is 1. The Morgan fingerprint density at radius 2 is 2.10 bits per heavy atom. The summed E-state index contributed by atoms with van der Waals surface area (Å²) in [6, 6.07) is 12.1. The third kappa shape index (κ3) is 5.39. The van der Waals surface area contributed by atoms with Gasteiger partial charge in [-0.25, -0.2) is 0 Å². The largest absolute Gasteiger partial charge is 0.488 e. The van der Waals surface area contributed by atoms with E-state index in [0.29, 0.717) is 25.7 Å². The van der Waals surface area contributed by atoms with E-state index >= 15 is 0 Å². The van der Waals surface area contributed by atoms with Crippen molar-refractivity contribution in [3.63, 3.8) is 0 Å². The average Bonchev–Trinajstić information content (AvgIpc) is 3.39. The van der Waals surface area contributed by atoms with Gasteiger partial charge in [-0.1, -0.05) is 18.2 Å². The molecule has 0 amide bonds. The molecule has 1 fully saturated rings. The quantitative estimate of drug-likeness (QED) is 0.294. The highest BCUT2D eigenvalue weighted by atomic mass is 127. The molecule has 4 rings (SSSR count). The van der Waals surface area contributed by atoms with Crippen LogP contribution in [0.3, 0.4) is 0 Å². The van der Waals surface area contributed by atoms with Crippen molar-refractivity contribution in [1.82, 2.24) is 25.2 Å². The zero-order chi connectivity index (χ0) is 20.1. The maximum atomic E-state index is 6.17. The second-order valence-corrected chi connectivity index (χ2v) is 7.04. The number of nitrogens with zero attached hydrogens (tertiary/aromatic N) is 4. The van der Waals surface area contributed by atoms with Crippen molar-refractivity contribution in [3.8, 4) is 5.75 Å². The van der Waals surface area contributed by atoms with Crippen LogP contribution in [0.4, 0.5) is 0 Å². The van der Waals surface area contributed by atoms with E-state index in [1.54, 1.807) is 7.05 Å². The number of pyridine rings is 1. The highest BCUT2D eigenvalue weighted by molar-refractivity contribution is 14.0. The van der Waals surface area contributed by atoms with Gasteiger partial charge in [0.25, 0.3) is 0 Å². The van der Waals surface area contributed by atoms with Crippen LogP contribution in [0.15, 0.2) is 47.6 Å². The standard InChI is InChI=1S/C21H26N6O2.HI/c1-15-6-7-16(18(11-15)29-17-8-10-28-14-17)12-23-21(22-2)24-13-20-26-25-19-5-3-4-9-27(19)20;/h3-7,9,11,17H,8,10,12-14H2,1-2H3,(H2,22,23,24);1H. The first-order valence-electron chi connectivity index (χ1n) is 9.80. The third-order valence-corrected chi connectivity index (χ3v) is 4.87. The molecule has 160 valence electrons. The number of nitrogens with one attached hydrogen (secondary N) is 2. The smallest absolute Gasteiger partial charge is 0.191 e. The van der Waals surface area contributed by atoms with Crippen LogP contribution in [0.25, 0.3) is 5.65 Å². The van der Waals surface area contributed by atoms with Crippen LogP contribution in [0.1, 0.15) is 23.4 Å². The van der Waals surface area contributed by atoms with E-state index in [9.17, 15) is 0 Å². The van der Waals surface area contributed by atoms with Crippen LogP contribution in [0, 0.1) is 6.92 Å². The Morgan fingerprint density at radius 3 is 2.90 bits per heavy atom. The van der Waals surface area contributed by atoms with Crippen molar-refractivity contribution in [2.75, 3.05) is 20.3 Å². The Morgan fingerprint density at radius 1 is 1.23 bits per heavy atom. The second-order valence-electron chi connectivity index (χ2n) is 7.04. The van der Waals surface area contributed by atoms with Crippen molar-refractivity contribution in [3.05, 3.63) is 59.5 Å². The van der Waals surface area contributed by atoms with Crippen LogP contribution >= 0.6 is 24.0 Å². The number of rotatable bonds is 6.